The van der Waals surface area contributed by atoms with Crippen LogP contribution in [0.2, 0.25) is 0 Å². The molecule has 108 valence electrons. The standard InChI is InChI=1S/C15H26N2O2/c1-4-5-10-17(2)11-14(16)15(18)12-6-8-13(19-3)9-7-12/h6-9,14-15,18H,4-5,10-11,16H2,1-3H3/t14-,15-/m0/s1. The topological polar surface area (TPSA) is 58.7 Å². The van der Waals surface area contributed by atoms with E-state index in [1.165, 1.54) is 6.42 Å². The normalized spacial score (nSPS) is 14.4. The van der Waals surface area contributed by atoms with E-state index in [0.29, 0.717) is 6.54 Å². The van der Waals surface area contributed by atoms with Crippen LogP contribution in [0.3, 0.4) is 0 Å². The van der Waals surface area contributed by atoms with Crippen molar-refractivity contribution in [2.75, 3.05) is 27.2 Å². The second kappa shape index (κ2) is 8.15. The van der Waals surface area contributed by atoms with E-state index >= 15 is 0 Å². The molecular weight excluding hydrogens is 240 g/mol. The average molecular weight is 266 g/mol. The molecule has 0 spiro atoms. The molecule has 4 heteroatoms. The third kappa shape index (κ3) is 5.19. The van der Waals surface area contributed by atoms with Gasteiger partial charge in [-0.3, -0.25) is 0 Å². The maximum absolute atomic E-state index is 10.2. The van der Waals surface area contributed by atoms with Crippen LogP contribution in [0.15, 0.2) is 24.3 Å². The fourth-order valence-corrected chi connectivity index (χ4v) is 2.03. The van der Waals surface area contributed by atoms with Crippen molar-refractivity contribution >= 4 is 0 Å². The van der Waals surface area contributed by atoms with Gasteiger partial charge in [-0.1, -0.05) is 25.5 Å². The van der Waals surface area contributed by atoms with Crippen LogP contribution in [0.25, 0.3) is 0 Å². The number of benzene rings is 1. The zero-order chi connectivity index (χ0) is 14.3. The quantitative estimate of drug-likeness (QED) is 0.753. The van der Waals surface area contributed by atoms with Crippen LogP contribution in [0.5, 0.6) is 5.75 Å². The molecule has 1 aromatic carbocycles. The maximum atomic E-state index is 10.2. The van der Waals surface area contributed by atoms with E-state index in [1.54, 1.807) is 7.11 Å². The van der Waals surface area contributed by atoms with Crippen molar-refractivity contribution in [2.24, 2.45) is 5.73 Å². The largest absolute Gasteiger partial charge is 0.497 e. The van der Waals surface area contributed by atoms with Crippen LogP contribution in [-0.4, -0.2) is 43.3 Å². The van der Waals surface area contributed by atoms with Crippen LogP contribution in [0.1, 0.15) is 31.4 Å². The summed E-state index contributed by atoms with van der Waals surface area (Å²) in [4.78, 5) is 2.17. The third-order valence-corrected chi connectivity index (χ3v) is 3.28. The summed E-state index contributed by atoms with van der Waals surface area (Å²) >= 11 is 0. The number of likely N-dealkylation sites (N-methyl/N-ethyl adjacent to an activating group) is 1. The van der Waals surface area contributed by atoms with E-state index in [1.807, 2.05) is 31.3 Å². The van der Waals surface area contributed by atoms with Gasteiger partial charge in [-0.2, -0.15) is 0 Å². The molecule has 0 radical (unpaired) electrons. The fraction of sp³-hybridized carbons (Fsp3) is 0.600. The minimum atomic E-state index is -0.644. The van der Waals surface area contributed by atoms with E-state index < -0.39 is 6.10 Å². The molecular formula is C15H26N2O2. The Hall–Kier alpha value is -1.10. The predicted molar refractivity (Wildman–Crippen MR) is 78.3 cm³/mol. The number of nitrogens with two attached hydrogens (primary N) is 1. The highest BCUT2D eigenvalue weighted by Crippen LogP contribution is 2.19. The molecule has 0 aliphatic heterocycles. The van der Waals surface area contributed by atoms with Crippen LogP contribution in [0, 0.1) is 0 Å². The van der Waals surface area contributed by atoms with E-state index in [0.717, 1.165) is 24.3 Å². The molecule has 0 amide bonds. The third-order valence-electron chi connectivity index (χ3n) is 3.28. The Bertz CT molecular complexity index is 354. The van der Waals surface area contributed by atoms with E-state index in [9.17, 15) is 5.11 Å². The highest BCUT2D eigenvalue weighted by atomic mass is 16.5. The number of methoxy groups -OCH3 is 1. The first-order valence-corrected chi connectivity index (χ1v) is 6.84. The summed E-state index contributed by atoms with van der Waals surface area (Å²) < 4.78 is 5.10. The van der Waals surface area contributed by atoms with Crippen LogP contribution in [-0.2, 0) is 0 Å². The minimum absolute atomic E-state index is 0.282. The number of hydrogen-bond acceptors (Lipinski definition) is 4. The lowest BCUT2D eigenvalue weighted by molar-refractivity contribution is 0.125. The Morgan fingerprint density at radius 3 is 2.47 bits per heavy atom. The molecule has 0 aliphatic carbocycles. The number of unbranched alkanes of at least 4 members (excludes halogenated alkanes) is 1. The molecule has 2 atom stereocenters. The van der Waals surface area contributed by atoms with Gasteiger partial charge in [0.1, 0.15) is 5.75 Å². The van der Waals surface area contributed by atoms with Gasteiger partial charge < -0.3 is 20.5 Å². The summed E-state index contributed by atoms with van der Waals surface area (Å²) in [6.45, 7) is 3.87. The number of hydrogen-bond donors (Lipinski definition) is 2. The highest BCUT2D eigenvalue weighted by Gasteiger charge is 2.18. The van der Waals surface area contributed by atoms with Crippen LogP contribution >= 0.6 is 0 Å². The van der Waals surface area contributed by atoms with Gasteiger partial charge in [-0.15, -0.1) is 0 Å². The van der Waals surface area contributed by atoms with Gasteiger partial charge in [-0.05, 0) is 37.7 Å². The molecule has 1 aromatic rings. The SMILES string of the molecule is CCCCN(C)C[C@H](N)[C@@H](O)c1ccc(OC)cc1. The summed E-state index contributed by atoms with van der Waals surface area (Å²) in [5, 5.41) is 10.2. The molecule has 0 aliphatic rings. The van der Waals surface area contributed by atoms with Gasteiger partial charge >= 0.3 is 0 Å². The monoisotopic (exact) mass is 266 g/mol. The fourth-order valence-electron chi connectivity index (χ4n) is 2.03. The number of aliphatic hydroxyl groups is 1. The molecule has 4 nitrogen and oxygen atoms in total. The Balaban J connectivity index is 2.52. The van der Waals surface area contributed by atoms with E-state index in [-0.39, 0.29) is 6.04 Å². The summed E-state index contributed by atoms with van der Waals surface area (Å²) in [5.74, 6) is 0.782. The Morgan fingerprint density at radius 1 is 1.32 bits per heavy atom. The van der Waals surface area contributed by atoms with Gasteiger partial charge in [0.15, 0.2) is 0 Å². The predicted octanol–water partition coefficient (Wildman–Crippen LogP) is 1.79. The van der Waals surface area contributed by atoms with Gasteiger partial charge in [0.05, 0.1) is 13.2 Å². The van der Waals surface area contributed by atoms with Crippen molar-refractivity contribution in [3.8, 4) is 5.75 Å². The number of rotatable bonds is 8. The number of aliphatic hydroxyl groups excluding tert-OH is 1. The molecule has 0 saturated heterocycles. The van der Waals surface area contributed by atoms with Crippen molar-refractivity contribution in [2.45, 2.75) is 31.9 Å². The molecule has 1 rings (SSSR count). The molecule has 0 heterocycles. The molecule has 3 N–H and O–H groups in total. The maximum Gasteiger partial charge on any atom is 0.118 e. The van der Waals surface area contributed by atoms with Gasteiger partial charge in [0.2, 0.25) is 0 Å². The van der Waals surface area contributed by atoms with Crippen molar-refractivity contribution in [1.82, 2.24) is 4.90 Å². The first-order valence-electron chi connectivity index (χ1n) is 6.84. The summed E-state index contributed by atoms with van der Waals surface area (Å²) in [6.07, 6.45) is 1.68. The minimum Gasteiger partial charge on any atom is -0.497 e. The zero-order valence-corrected chi connectivity index (χ0v) is 12.2. The van der Waals surface area contributed by atoms with Crippen LogP contribution in [0.4, 0.5) is 0 Å². The summed E-state index contributed by atoms with van der Waals surface area (Å²) in [6, 6.07) is 7.11. The van der Waals surface area contributed by atoms with Gasteiger partial charge in [0.25, 0.3) is 0 Å². The van der Waals surface area contributed by atoms with Crippen LogP contribution < -0.4 is 10.5 Å². The first kappa shape index (κ1) is 16.0. The number of ether oxygens (including phenoxy) is 1. The molecule has 19 heavy (non-hydrogen) atoms. The molecule has 0 aromatic heterocycles. The molecule has 0 fully saturated rings. The Kier molecular flexibility index (Phi) is 6.84. The van der Waals surface area contributed by atoms with E-state index in [4.69, 9.17) is 10.5 Å². The second-order valence-corrected chi connectivity index (χ2v) is 5.00. The summed E-state index contributed by atoms with van der Waals surface area (Å²) in [5.41, 5.74) is 6.90. The van der Waals surface area contributed by atoms with E-state index in [2.05, 4.69) is 11.8 Å². The highest BCUT2D eigenvalue weighted by molar-refractivity contribution is 5.29. The lowest BCUT2D eigenvalue weighted by atomic mass is 10.0. The average Bonchev–Trinajstić information content (AvgIpc) is 2.44. The molecule has 0 bridgehead atoms. The smallest absolute Gasteiger partial charge is 0.118 e. The molecule has 0 saturated carbocycles. The van der Waals surface area contributed by atoms with Crippen molar-refractivity contribution in [1.29, 1.82) is 0 Å². The first-order chi connectivity index (χ1) is 9.08. The lowest BCUT2D eigenvalue weighted by Crippen LogP contribution is -2.40. The molecule has 0 unspecified atom stereocenters. The van der Waals surface area contributed by atoms with Crippen molar-refractivity contribution in [3.05, 3.63) is 29.8 Å². The van der Waals surface area contributed by atoms with Gasteiger partial charge in [-0.25, -0.2) is 0 Å². The lowest BCUT2D eigenvalue weighted by Gasteiger charge is -2.25. The Labute approximate surface area is 116 Å². The second-order valence-electron chi connectivity index (χ2n) is 5.00. The number of nitrogens with zero attached hydrogens (tertiary/aromatic N) is 1. The zero-order valence-electron chi connectivity index (χ0n) is 12.2. The summed E-state index contributed by atoms with van der Waals surface area (Å²) in [7, 11) is 3.66. The Morgan fingerprint density at radius 2 is 1.95 bits per heavy atom. The van der Waals surface area contributed by atoms with Crippen molar-refractivity contribution in [3.63, 3.8) is 0 Å². The van der Waals surface area contributed by atoms with Crippen molar-refractivity contribution < 1.29 is 9.84 Å². The van der Waals surface area contributed by atoms with Gasteiger partial charge in [0, 0.05) is 12.6 Å².